The Morgan fingerprint density at radius 1 is 0.867 bits per heavy atom. The second kappa shape index (κ2) is 20.0. The molecular formula is C30H53N9O5Si. The summed E-state index contributed by atoms with van der Waals surface area (Å²) in [6.45, 7) is 10.8. The van der Waals surface area contributed by atoms with Crippen molar-refractivity contribution in [2.45, 2.75) is 90.1 Å². The van der Waals surface area contributed by atoms with Crippen molar-refractivity contribution in [3.8, 4) is 0 Å². The number of nitrogens with two attached hydrogens (primary N) is 4. The van der Waals surface area contributed by atoms with Gasteiger partial charge in [0.2, 0.25) is 11.8 Å². The number of benzene rings is 1. The Hall–Kier alpha value is -4.14. The molecular weight excluding hydrogens is 594 g/mol. The van der Waals surface area contributed by atoms with Gasteiger partial charge in [0.1, 0.15) is 6.04 Å². The van der Waals surface area contributed by atoms with E-state index in [0.717, 1.165) is 18.0 Å². The minimum Gasteiger partial charge on any atom is -0.450 e. The maximum Gasteiger partial charge on any atom is 0.407 e. The molecule has 0 heterocycles. The number of nitrogens with zero attached hydrogens (tertiary/aromatic N) is 2. The molecule has 0 bridgehead atoms. The van der Waals surface area contributed by atoms with Crippen molar-refractivity contribution < 1.29 is 23.9 Å². The number of rotatable bonds is 20. The van der Waals surface area contributed by atoms with E-state index in [1.165, 1.54) is 6.92 Å². The summed E-state index contributed by atoms with van der Waals surface area (Å²) in [6.07, 6.45) is 1.40. The van der Waals surface area contributed by atoms with Gasteiger partial charge in [0, 0.05) is 39.2 Å². The molecule has 0 aliphatic heterocycles. The lowest BCUT2D eigenvalue weighted by Gasteiger charge is -2.23. The van der Waals surface area contributed by atoms with Crippen molar-refractivity contribution in [2.75, 3.05) is 25.0 Å². The van der Waals surface area contributed by atoms with Crippen LogP contribution in [0.1, 0.15) is 51.5 Å². The number of ether oxygens (including phenoxy) is 1. The molecule has 15 heteroatoms. The summed E-state index contributed by atoms with van der Waals surface area (Å²) in [5, 5.41) is 8.13. The lowest BCUT2D eigenvalue weighted by molar-refractivity contribution is -0.131. The number of guanidine groups is 2. The summed E-state index contributed by atoms with van der Waals surface area (Å²) in [5.41, 5.74) is 23.4. The van der Waals surface area contributed by atoms with Gasteiger partial charge in [-0.25, -0.2) is 4.79 Å². The van der Waals surface area contributed by atoms with E-state index in [2.05, 4.69) is 45.6 Å². The van der Waals surface area contributed by atoms with Crippen molar-refractivity contribution in [1.82, 2.24) is 10.6 Å². The highest BCUT2D eigenvalue weighted by Gasteiger charge is 2.29. The van der Waals surface area contributed by atoms with Crippen LogP contribution in [-0.4, -0.2) is 75.5 Å². The van der Waals surface area contributed by atoms with Gasteiger partial charge in [-0.3, -0.25) is 24.4 Å². The van der Waals surface area contributed by atoms with Crippen LogP contribution in [0.4, 0.5) is 10.5 Å². The van der Waals surface area contributed by atoms with Crippen LogP contribution >= 0.6 is 0 Å². The minimum atomic E-state index is -1.40. The molecule has 0 aliphatic rings. The highest BCUT2D eigenvalue weighted by atomic mass is 28.3. The van der Waals surface area contributed by atoms with E-state index in [4.69, 9.17) is 27.7 Å². The molecule has 0 aromatic heterocycles. The average Bonchev–Trinajstić information content (AvgIpc) is 2.95. The Morgan fingerprint density at radius 3 is 1.98 bits per heavy atom. The fraction of sp³-hybridized carbons (Fsp3) is 0.600. The fourth-order valence-electron chi connectivity index (χ4n) is 4.17. The molecule has 1 aromatic rings. The highest BCUT2D eigenvalue weighted by Crippen LogP contribution is 2.19. The maximum atomic E-state index is 13.6. The van der Waals surface area contributed by atoms with Crippen LogP contribution in [0.3, 0.4) is 0 Å². The Morgan fingerprint density at radius 2 is 1.44 bits per heavy atom. The number of carbonyl (C=O) groups excluding carboxylic acids is 4. The number of aryl methyl sites for hydroxylation is 1. The number of ketones is 1. The van der Waals surface area contributed by atoms with E-state index >= 15 is 0 Å². The second-order valence-corrected chi connectivity index (χ2v) is 17.8. The molecule has 1 aromatic carbocycles. The molecule has 0 saturated heterocycles. The van der Waals surface area contributed by atoms with Crippen LogP contribution in [0, 0.1) is 5.92 Å². The zero-order valence-corrected chi connectivity index (χ0v) is 28.4. The van der Waals surface area contributed by atoms with Crippen molar-refractivity contribution >= 4 is 49.4 Å². The molecule has 0 unspecified atom stereocenters. The third kappa shape index (κ3) is 17.7. The van der Waals surface area contributed by atoms with Gasteiger partial charge in [-0.1, -0.05) is 38.7 Å². The summed E-state index contributed by atoms with van der Waals surface area (Å²) < 4.78 is 5.23. The molecule has 3 atom stereocenters. The molecule has 1 rings (SSSR count). The largest absolute Gasteiger partial charge is 0.450 e. The standard InChI is InChI=1S/C30H53N9O5Si/c1-6-21-11-13-23(14-12-21)38-27(42)22(9-7-15-35-28(31)32)19-25(40)24(10-8-16-36-29(33)34)39-26(41)20(2)37-30(43)44-17-18-45(3,4)5/h11-14,20,22,24H,6-10,15-19H2,1-5H3,(H,37,43)(H,38,42)(H,39,41)(H4,31,32,35)(H4,33,34,36)/t20-,22+,24+/m0/s1. The lowest BCUT2D eigenvalue weighted by Crippen LogP contribution is -2.51. The number of hydrogen-bond acceptors (Lipinski definition) is 7. The van der Waals surface area contributed by atoms with Crippen LogP contribution in [0.2, 0.25) is 25.7 Å². The number of amides is 3. The zero-order valence-electron chi connectivity index (χ0n) is 27.4. The van der Waals surface area contributed by atoms with E-state index in [-0.39, 0.29) is 49.6 Å². The Balaban J connectivity index is 3.02. The SMILES string of the molecule is CCc1ccc(NC(=O)[C@H](CCCN=C(N)N)CC(=O)[C@@H](CCCN=C(N)N)NC(=O)[C@H](C)NC(=O)OCC[Si](C)(C)C)cc1. The number of aliphatic imine (C=N–C) groups is 2. The third-order valence-corrected chi connectivity index (χ3v) is 8.62. The Bertz CT molecular complexity index is 1160. The van der Waals surface area contributed by atoms with Gasteiger partial charge in [0.05, 0.1) is 12.6 Å². The van der Waals surface area contributed by atoms with Crippen molar-refractivity contribution in [3.05, 3.63) is 29.8 Å². The predicted octanol–water partition coefficient (Wildman–Crippen LogP) is 1.81. The van der Waals surface area contributed by atoms with E-state index in [0.29, 0.717) is 31.5 Å². The van der Waals surface area contributed by atoms with Crippen molar-refractivity contribution in [3.63, 3.8) is 0 Å². The van der Waals surface area contributed by atoms with Gasteiger partial charge >= 0.3 is 6.09 Å². The van der Waals surface area contributed by atoms with E-state index < -0.39 is 38.1 Å². The van der Waals surface area contributed by atoms with Gasteiger partial charge in [-0.15, -0.1) is 0 Å². The van der Waals surface area contributed by atoms with Crippen LogP contribution in [0.15, 0.2) is 34.3 Å². The minimum absolute atomic E-state index is 0.0608. The zero-order chi connectivity index (χ0) is 34.0. The molecule has 0 fully saturated rings. The Labute approximate surface area is 267 Å². The topological polar surface area (TPSA) is 242 Å². The first kappa shape index (κ1) is 38.9. The smallest absolute Gasteiger partial charge is 0.407 e. The van der Waals surface area contributed by atoms with Gasteiger partial charge in [0.15, 0.2) is 17.7 Å². The number of Topliss-reactive ketones (excluding diaryl/α,β-unsaturated/α-hetero) is 1. The predicted molar refractivity (Wildman–Crippen MR) is 181 cm³/mol. The quantitative estimate of drug-likeness (QED) is 0.0471. The first-order valence-electron chi connectivity index (χ1n) is 15.4. The lowest BCUT2D eigenvalue weighted by atomic mass is 9.91. The molecule has 3 amide bonds. The van der Waals surface area contributed by atoms with E-state index in [9.17, 15) is 19.2 Å². The number of nitrogens with one attached hydrogen (secondary N) is 3. The monoisotopic (exact) mass is 647 g/mol. The normalized spacial score (nSPS) is 13.0. The maximum absolute atomic E-state index is 13.6. The first-order valence-corrected chi connectivity index (χ1v) is 19.1. The number of hydrogen-bond donors (Lipinski definition) is 7. The summed E-state index contributed by atoms with van der Waals surface area (Å²) in [4.78, 5) is 60.2. The number of alkyl carbamates (subject to hydrolysis) is 1. The van der Waals surface area contributed by atoms with E-state index in [1.54, 1.807) is 0 Å². The number of anilines is 1. The Kier molecular flexibility index (Phi) is 17.3. The van der Waals surface area contributed by atoms with E-state index in [1.807, 2.05) is 31.2 Å². The van der Waals surface area contributed by atoms with Crippen LogP contribution in [-0.2, 0) is 25.5 Å². The molecule has 0 aliphatic carbocycles. The summed E-state index contributed by atoms with van der Waals surface area (Å²) >= 11 is 0. The van der Waals surface area contributed by atoms with Gasteiger partial charge < -0.3 is 43.6 Å². The summed E-state index contributed by atoms with van der Waals surface area (Å²) in [6, 6.07) is 6.34. The fourth-order valence-corrected chi connectivity index (χ4v) is 4.89. The third-order valence-electron chi connectivity index (χ3n) is 6.92. The van der Waals surface area contributed by atoms with Gasteiger partial charge in [-0.05, 0) is 62.8 Å². The molecule has 11 N–H and O–H groups in total. The molecule has 0 radical (unpaired) electrons. The molecule has 45 heavy (non-hydrogen) atoms. The van der Waals surface area contributed by atoms with Crippen LogP contribution in [0.5, 0.6) is 0 Å². The van der Waals surface area contributed by atoms with Crippen molar-refractivity contribution in [2.24, 2.45) is 38.8 Å². The van der Waals surface area contributed by atoms with Crippen LogP contribution < -0.4 is 38.9 Å². The summed E-state index contributed by atoms with van der Waals surface area (Å²) in [5.74, 6) is -2.11. The first-order chi connectivity index (χ1) is 21.1. The number of carbonyl (C=O) groups is 4. The molecule has 252 valence electrons. The highest BCUT2D eigenvalue weighted by molar-refractivity contribution is 6.76. The van der Waals surface area contributed by atoms with Crippen LogP contribution in [0.25, 0.3) is 0 Å². The molecule has 0 saturated carbocycles. The molecule has 14 nitrogen and oxygen atoms in total. The van der Waals surface area contributed by atoms with Gasteiger partial charge in [-0.2, -0.15) is 0 Å². The second-order valence-electron chi connectivity index (χ2n) is 12.2. The average molecular weight is 648 g/mol. The summed E-state index contributed by atoms with van der Waals surface area (Å²) in [7, 11) is -1.40. The van der Waals surface area contributed by atoms with Crippen molar-refractivity contribution in [1.29, 1.82) is 0 Å². The van der Waals surface area contributed by atoms with Gasteiger partial charge in [0.25, 0.3) is 0 Å². The molecule has 0 spiro atoms.